The van der Waals surface area contributed by atoms with Gasteiger partial charge in [0.05, 0.1) is 12.4 Å². The number of amides is 1. The molecule has 0 unspecified atom stereocenters. The number of carbonyl (C=O) groups excluding carboxylic acids is 1. The Hall–Kier alpha value is -2.73. The van der Waals surface area contributed by atoms with Crippen molar-refractivity contribution in [3.63, 3.8) is 0 Å². The number of aryl methyl sites for hydroxylation is 1. The van der Waals surface area contributed by atoms with Crippen LogP contribution in [0.3, 0.4) is 0 Å². The third kappa shape index (κ3) is 4.87. The molecule has 126 valence electrons. The molecular formula is C19H17BrN4O. The third-order valence-electron chi connectivity index (χ3n) is 3.52. The van der Waals surface area contributed by atoms with Gasteiger partial charge in [-0.15, -0.1) is 0 Å². The molecule has 1 aromatic heterocycles. The molecule has 25 heavy (non-hydrogen) atoms. The lowest BCUT2D eigenvalue weighted by Crippen LogP contribution is -2.24. The maximum absolute atomic E-state index is 12.2. The number of halogens is 1. The van der Waals surface area contributed by atoms with Crippen molar-refractivity contribution in [3.8, 4) is 0 Å². The Kier molecular flexibility index (Phi) is 5.40. The highest BCUT2D eigenvalue weighted by molar-refractivity contribution is 9.10. The molecule has 6 heteroatoms. The number of hydrogen-bond donors (Lipinski definition) is 2. The molecule has 0 fully saturated rings. The zero-order valence-electron chi connectivity index (χ0n) is 13.7. The van der Waals surface area contributed by atoms with Gasteiger partial charge in [-0.3, -0.25) is 4.79 Å². The summed E-state index contributed by atoms with van der Waals surface area (Å²) in [5.41, 5.74) is 3.39. The molecule has 0 spiro atoms. The average molecular weight is 397 g/mol. The molecule has 0 aliphatic carbocycles. The monoisotopic (exact) mass is 396 g/mol. The van der Waals surface area contributed by atoms with E-state index >= 15 is 0 Å². The number of carbonyl (C=O) groups is 1. The fraction of sp³-hybridized carbons (Fsp3) is 0.105. The van der Waals surface area contributed by atoms with E-state index in [0.717, 1.165) is 21.3 Å². The van der Waals surface area contributed by atoms with E-state index in [2.05, 4.69) is 36.5 Å². The lowest BCUT2D eigenvalue weighted by molar-refractivity contribution is 0.0945. The standard InChI is InChI=1S/C19H17BrN4O/c1-13-4-2-5-14(8-13)10-23-19(25)17-11-22-18(12-21-17)24-16-7-3-6-15(20)9-16/h2-9,11-12H,10H2,1H3,(H,22,24)(H,23,25). The Morgan fingerprint density at radius 2 is 1.92 bits per heavy atom. The second-order valence-electron chi connectivity index (χ2n) is 5.59. The summed E-state index contributed by atoms with van der Waals surface area (Å²) in [7, 11) is 0. The molecule has 0 aliphatic heterocycles. The summed E-state index contributed by atoms with van der Waals surface area (Å²) in [6, 6.07) is 15.7. The van der Waals surface area contributed by atoms with Crippen LogP contribution in [0.15, 0.2) is 65.4 Å². The molecule has 1 amide bonds. The number of anilines is 2. The van der Waals surface area contributed by atoms with Crippen molar-refractivity contribution >= 4 is 33.3 Å². The second-order valence-corrected chi connectivity index (χ2v) is 6.51. The number of benzene rings is 2. The molecule has 2 N–H and O–H groups in total. The van der Waals surface area contributed by atoms with Crippen LogP contribution in [0.25, 0.3) is 0 Å². The molecule has 2 aromatic carbocycles. The first kappa shape index (κ1) is 17.1. The van der Waals surface area contributed by atoms with Gasteiger partial charge < -0.3 is 10.6 Å². The van der Waals surface area contributed by atoms with Crippen LogP contribution in [-0.4, -0.2) is 15.9 Å². The van der Waals surface area contributed by atoms with Gasteiger partial charge in [0.15, 0.2) is 0 Å². The van der Waals surface area contributed by atoms with Crippen molar-refractivity contribution in [2.24, 2.45) is 0 Å². The van der Waals surface area contributed by atoms with Crippen molar-refractivity contribution in [2.75, 3.05) is 5.32 Å². The third-order valence-corrected chi connectivity index (χ3v) is 4.01. The smallest absolute Gasteiger partial charge is 0.271 e. The largest absolute Gasteiger partial charge is 0.347 e. The summed E-state index contributed by atoms with van der Waals surface area (Å²) in [5, 5.41) is 5.99. The van der Waals surface area contributed by atoms with Gasteiger partial charge in [0.2, 0.25) is 0 Å². The molecule has 0 bridgehead atoms. The van der Waals surface area contributed by atoms with E-state index in [-0.39, 0.29) is 11.6 Å². The predicted octanol–water partition coefficient (Wildman–Crippen LogP) is 4.22. The van der Waals surface area contributed by atoms with Crippen molar-refractivity contribution in [1.29, 1.82) is 0 Å². The minimum atomic E-state index is -0.247. The van der Waals surface area contributed by atoms with E-state index in [9.17, 15) is 4.79 Å². The zero-order valence-corrected chi connectivity index (χ0v) is 15.2. The number of nitrogens with one attached hydrogen (secondary N) is 2. The summed E-state index contributed by atoms with van der Waals surface area (Å²) in [6.45, 7) is 2.48. The van der Waals surface area contributed by atoms with Gasteiger partial charge >= 0.3 is 0 Å². The Labute approximate surface area is 154 Å². The topological polar surface area (TPSA) is 66.9 Å². The maximum Gasteiger partial charge on any atom is 0.271 e. The number of aromatic nitrogens is 2. The molecule has 0 saturated heterocycles. The molecule has 1 heterocycles. The van der Waals surface area contributed by atoms with Crippen LogP contribution < -0.4 is 10.6 Å². The Bertz CT molecular complexity index is 881. The summed E-state index contributed by atoms with van der Waals surface area (Å²) < 4.78 is 0.970. The summed E-state index contributed by atoms with van der Waals surface area (Å²) in [6.07, 6.45) is 3.01. The van der Waals surface area contributed by atoms with E-state index in [1.54, 1.807) is 6.20 Å². The first-order chi connectivity index (χ1) is 12.1. The Morgan fingerprint density at radius 1 is 1.08 bits per heavy atom. The normalized spacial score (nSPS) is 10.3. The van der Waals surface area contributed by atoms with Gasteiger partial charge in [-0.2, -0.15) is 0 Å². The average Bonchev–Trinajstić information content (AvgIpc) is 2.60. The maximum atomic E-state index is 12.2. The quantitative estimate of drug-likeness (QED) is 0.677. The van der Waals surface area contributed by atoms with E-state index in [1.807, 2.05) is 55.5 Å². The van der Waals surface area contributed by atoms with Gasteiger partial charge in [0.25, 0.3) is 5.91 Å². The van der Waals surface area contributed by atoms with Crippen LogP contribution in [0.2, 0.25) is 0 Å². The molecule has 3 aromatic rings. The Morgan fingerprint density at radius 3 is 2.64 bits per heavy atom. The number of hydrogen-bond acceptors (Lipinski definition) is 4. The highest BCUT2D eigenvalue weighted by Crippen LogP contribution is 2.18. The first-order valence-corrected chi connectivity index (χ1v) is 8.58. The van der Waals surface area contributed by atoms with Crippen LogP contribution in [0.4, 0.5) is 11.5 Å². The minimum absolute atomic E-state index is 0.247. The highest BCUT2D eigenvalue weighted by atomic mass is 79.9. The molecule has 0 aliphatic rings. The fourth-order valence-corrected chi connectivity index (χ4v) is 2.72. The number of rotatable bonds is 5. The van der Waals surface area contributed by atoms with E-state index in [4.69, 9.17) is 0 Å². The molecule has 0 atom stereocenters. The van der Waals surface area contributed by atoms with E-state index in [1.165, 1.54) is 6.20 Å². The van der Waals surface area contributed by atoms with Crippen molar-refractivity contribution < 1.29 is 4.79 Å². The van der Waals surface area contributed by atoms with Gasteiger partial charge in [-0.05, 0) is 30.7 Å². The van der Waals surface area contributed by atoms with Crippen LogP contribution in [-0.2, 0) is 6.54 Å². The van der Waals surface area contributed by atoms with Crippen molar-refractivity contribution in [3.05, 3.63) is 82.2 Å². The van der Waals surface area contributed by atoms with Gasteiger partial charge in [-0.25, -0.2) is 9.97 Å². The van der Waals surface area contributed by atoms with Crippen LogP contribution >= 0.6 is 15.9 Å². The lowest BCUT2D eigenvalue weighted by atomic mass is 10.1. The summed E-state index contributed by atoms with van der Waals surface area (Å²) >= 11 is 3.42. The second kappa shape index (κ2) is 7.90. The minimum Gasteiger partial charge on any atom is -0.347 e. The van der Waals surface area contributed by atoms with Crippen LogP contribution in [0.5, 0.6) is 0 Å². The van der Waals surface area contributed by atoms with E-state index < -0.39 is 0 Å². The van der Waals surface area contributed by atoms with Crippen LogP contribution in [0.1, 0.15) is 21.6 Å². The molecular weight excluding hydrogens is 380 g/mol. The van der Waals surface area contributed by atoms with Crippen molar-refractivity contribution in [1.82, 2.24) is 15.3 Å². The van der Waals surface area contributed by atoms with Crippen LogP contribution in [0, 0.1) is 6.92 Å². The van der Waals surface area contributed by atoms with Gasteiger partial charge in [-0.1, -0.05) is 51.8 Å². The molecule has 5 nitrogen and oxygen atoms in total. The highest BCUT2D eigenvalue weighted by Gasteiger charge is 2.08. The fourth-order valence-electron chi connectivity index (χ4n) is 2.32. The van der Waals surface area contributed by atoms with Gasteiger partial charge in [0, 0.05) is 16.7 Å². The summed E-state index contributed by atoms with van der Waals surface area (Å²) in [4.78, 5) is 20.6. The Balaban J connectivity index is 1.60. The predicted molar refractivity (Wildman–Crippen MR) is 102 cm³/mol. The number of nitrogens with zero attached hydrogens (tertiary/aromatic N) is 2. The zero-order chi connectivity index (χ0) is 17.6. The SMILES string of the molecule is Cc1cccc(CNC(=O)c2cnc(Nc3cccc(Br)c3)cn2)c1. The molecule has 0 radical (unpaired) electrons. The summed E-state index contributed by atoms with van der Waals surface area (Å²) in [5.74, 6) is 0.330. The molecule has 3 rings (SSSR count). The molecule has 0 saturated carbocycles. The van der Waals surface area contributed by atoms with Gasteiger partial charge in [0.1, 0.15) is 11.5 Å². The van der Waals surface area contributed by atoms with E-state index in [0.29, 0.717) is 12.4 Å². The first-order valence-electron chi connectivity index (χ1n) is 7.78. The lowest BCUT2D eigenvalue weighted by Gasteiger charge is -2.07. The van der Waals surface area contributed by atoms with Crippen molar-refractivity contribution in [2.45, 2.75) is 13.5 Å².